The van der Waals surface area contributed by atoms with Crippen molar-refractivity contribution in [2.24, 2.45) is 0 Å². The summed E-state index contributed by atoms with van der Waals surface area (Å²) in [6.07, 6.45) is 7.74. The number of amides is 1. The molecule has 1 fully saturated rings. The van der Waals surface area contributed by atoms with Gasteiger partial charge in [0.05, 0.1) is 0 Å². The van der Waals surface area contributed by atoms with Crippen LogP contribution in [0.1, 0.15) is 41.6 Å². The highest BCUT2D eigenvalue weighted by Crippen LogP contribution is 2.32. The molecule has 2 heterocycles. The van der Waals surface area contributed by atoms with Crippen LogP contribution in [-0.2, 0) is 6.42 Å². The molecular weight excluding hydrogens is 242 g/mol. The lowest BCUT2D eigenvalue weighted by Crippen LogP contribution is -2.30. The van der Waals surface area contributed by atoms with Gasteiger partial charge in [-0.2, -0.15) is 5.10 Å². The van der Waals surface area contributed by atoms with E-state index >= 15 is 0 Å². The SMILES string of the molecule is O=C(NCCc1ncn[nH]1)c1cccn1C1CCC1. The third-order valence-corrected chi connectivity index (χ3v) is 3.59. The molecule has 0 unspecified atom stereocenters. The molecule has 6 nitrogen and oxygen atoms in total. The van der Waals surface area contributed by atoms with Crippen molar-refractivity contribution >= 4 is 5.91 Å². The molecule has 2 N–H and O–H groups in total. The average molecular weight is 259 g/mol. The van der Waals surface area contributed by atoms with E-state index in [-0.39, 0.29) is 5.91 Å². The molecule has 1 aliphatic carbocycles. The van der Waals surface area contributed by atoms with Crippen LogP contribution >= 0.6 is 0 Å². The second-order valence-electron chi connectivity index (χ2n) is 4.82. The first-order valence-electron chi connectivity index (χ1n) is 6.64. The second-order valence-corrected chi connectivity index (χ2v) is 4.82. The van der Waals surface area contributed by atoms with Crippen LogP contribution in [0.3, 0.4) is 0 Å². The summed E-state index contributed by atoms with van der Waals surface area (Å²) >= 11 is 0. The molecule has 19 heavy (non-hydrogen) atoms. The summed E-state index contributed by atoms with van der Waals surface area (Å²) in [5, 5.41) is 9.47. The Morgan fingerprint density at radius 1 is 1.53 bits per heavy atom. The first kappa shape index (κ1) is 12.0. The highest BCUT2D eigenvalue weighted by Gasteiger charge is 2.22. The van der Waals surface area contributed by atoms with Gasteiger partial charge in [0.15, 0.2) is 0 Å². The molecular formula is C13H17N5O. The number of nitrogens with zero attached hydrogens (tertiary/aromatic N) is 3. The summed E-state index contributed by atoms with van der Waals surface area (Å²) in [7, 11) is 0. The predicted molar refractivity (Wildman–Crippen MR) is 69.7 cm³/mol. The van der Waals surface area contributed by atoms with Gasteiger partial charge >= 0.3 is 0 Å². The van der Waals surface area contributed by atoms with Gasteiger partial charge in [-0.05, 0) is 31.4 Å². The van der Waals surface area contributed by atoms with E-state index in [1.165, 1.54) is 25.6 Å². The first-order valence-corrected chi connectivity index (χ1v) is 6.64. The predicted octanol–water partition coefficient (Wildman–Crippen LogP) is 1.30. The van der Waals surface area contributed by atoms with Crippen LogP contribution in [0.15, 0.2) is 24.7 Å². The molecule has 0 saturated heterocycles. The van der Waals surface area contributed by atoms with Gasteiger partial charge in [0, 0.05) is 25.2 Å². The van der Waals surface area contributed by atoms with Crippen molar-refractivity contribution in [2.75, 3.05) is 6.54 Å². The van der Waals surface area contributed by atoms with Crippen LogP contribution in [0, 0.1) is 0 Å². The van der Waals surface area contributed by atoms with Crippen LogP contribution in [0.5, 0.6) is 0 Å². The molecule has 6 heteroatoms. The standard InChI is InChI=1S/C13H17N5O/c19-13(14-7-6-12-15-9-16-17-12)11-5-2-8-18(11)10-3-1-4-10/h2,5,8-10H,1,3-4,6-7H2,(H,14,19)(H,15,16,17). The number of H-pyrrole nitrogens is 1. The highest BCUT2D eigenvalue weighted by atomic mass is 16.1. The Hall–Kier alpha value is -2.11. The van der Waals surface area contributed by atoms with E-state index in [0.29, 0.717) is 19.0 Å². The molecule has 1 amide bonds. The molecule has 2 aromatic rings. The fourth-order valence-corrected chi connectivity index (χ4v) is 2.31. The van der Waals surface area contributed by atoms with Gasteiger partial charge in [0.1, 0.15) is 17.8 Å². The minimum atomic E-state index is -0.0172. The number of hydrogen-bond acceptors (Lipinski definition) is 3. The Morgan fingerprint density at radius 3 is 3.11 bits per heavy atom. The van der Waals surface area contributed by atoms with Crippen LogP contribution in [-0.4, -0.2) is 32.2 Å². The highest BCUT2D eigenvalue weighted by molar-refractivity contribution is 5.92. The van der Waals surface area contributed by atoms with E-state index in [4.69, 9.17) is 0 Å². The maximum atomic E-state index is 12.1. The maximum Gasteiger partial charge on any atom is 0.267 e. The number of rotatable bonds is 5. The minimum Gasteiger partial charge on any atom is -0.350 e. The summed E-state index contributed by atoms with van der Waals surface area (Å²) in [5.74, 6) is 0.770. The van der Waals surface area contributed by atoms with Crippen molar-refractivity contribution in [3.8, 4) is 0 Å². The van der Waals surface area contributed by atoms with Crippen molar-refractivity contribution in [3.63, 3.8) is 0 Å². The Kier molecular flexibility index (Phi) is 3.31. The Morgan fingerprint density at radius 2 is 2.42 bits per heavy atom. The summed E-state index contributed by atoms with van der Waals surface area (Å²) < 4.78 is 2.09. The van der Waals surface area contributed by atoms with E-state index in [2.05, 4.69) is 25.1 Å². The zero-order chi connectivity index (χ0) is 13.1. The van der Waals surface area contributed by atoms with Gasteiger partial charge in [-0.3, -0.25) is 9.89 Å². The molecule has 3 rings (SSSR count). The summed E-state index contributed by atoms with van der Waals surface area (Å²) in [6.45, 7) is 0.559. The second kappa shape index (κ2) is 5.26. The smallest absolute Gasteiger partial charge is 0.267 e. The molecule has 1 aliphatic rings. The lowest BCUT2D eigenvalue weighted by atomic mass is 9.93. The molecule has 2 aromatic heterocycles. The number of carbonyl (C=O) groups excluding carboxylic acids is 1. The lowest BCUT2D eigenvalue weighted by Gasteiger charge is -2.28. The van der Waals surface area contributed by atoms with Crippen LogP contribution in [0.2, 0.25) is 0 Å². The quantitative estimate of drug-likeness (QED) is 0.850. The van der Waals surface area contributed by atoms with Crippen LogP contribution in [0.4, 0.5) is 0 Å². The number of hydrogen-bond donors (Lipinski definition) is 2. The van der Waals surface area contributed by atoms with E-state index in [1.54, 1.807) is 0 Å². The molecule has 0 atom stereocenters. The monoisotopic (exact) mass is 259 g/mol. The third-order valence-electron chi connectivity index (χ3n) is 3.59. The Labute approximate surface area is 111 Å². The maximum absolute atomic E-state index is 12.1. The number of nitrogens with one attached hydrogen (secondary N) is 2. The van der Waals surface area contributed by atoms with Gasteiger partial charge < -0.3 is 9.88 Å². The Balaban J connectivity index is 1.56. The fraction of sp³-hybridized carbons (Fsp3) is 0.462. The van der Waals surface area contributed by atoms with E-state index < -0.39 is 0 Å². The zero-order valence-corrected chi connectivity index (χ0v) is 10.7. The van der Waals surface area contributed by atoms with E-state index in [1.807, 2.05) is 18.3 Å². The number of carbonyl (C=O) groups is 1. The van der Waals surface area contributed by atoms with Gasteiger partial charge in [0.2, 0.25) is 0 Å². The number of aromatic nitrogens is 4. The first-order chi connectivity index (χ1) is 9.34. The topological polar surface area (TPSA) is 75.6 Å². The molecule has 0 aliphatic heterocycles. The molecule has 0 aromatic carbocycles. The number of aromatic amines is 1. The molecule has 0 radical (unpaired) electrons. The normalized spacial score (nSPS) is 15.2. The van der Waals surface area contributed by atoms with Crippen LogP contribution in [0.25, 0.3) is 0 Å². The largest absolute Gasteiger partial charge is 0.350 e. The van der Waals surface area contributed by atoms with Crippen molar-refractivity contribution in [1.82, 2.24) is 25.1 Å². The molecule has 100 valence electrons. The van der Waals surface area contributed by atoms with Crippen LogP contribution < -0.4 is 5.32 Å². The zero-order valence-electron chi connectivity index (χ0n) is 10.7. The van der Waals surface area contributed by atoms with Gasteiger partial charge in [0.25, 0.3) is 5.91 Å². The minimum absolute atomic E-state index is 0.0172. The summed E-state index contributed by atoms with van der Waals surface area (Å²) in [4.78, 5) is 16.1. The molecule has 0 spiro atoms. The average Bonchev–Trinajstić information content (AvgIpc) is 2.97. The Bertz CT molecular complexity index is 541. The van der Waals surface area contributed by atoms with Crippen molar-refractivity contribution in [1.29, 1.82) is 0 Å². The summed E-state index contributed by atoms with van der Waals surface area (Å²) in [6, 6.07) is 4.32. The third kappa shape index (κ3) is 2.52. The molecule has 1 saturated carbocycles. The van der Waals surface area contributed by atoms with E-state index in [0.717, 1.165) is 11.5 Å². The van der Waals surface area contributed by atoms with Gasteiger partial charge in [-0.15, -0.1) is 0 Å². The fourth-order valence-electron chi connectivity index (χ4n) is 2.31. The van der Waals surface area contributed by atoms with E-state index in [9.17, 15) is 4.79 Å². The van der Waals surface area contributed by atoms with Gasteiger partial charge in [-0.1, -0.05) is 0 Å². The van der Waals surface area contributed by atoms with Crippen molar-refractivity contribution in [3.05, 3.63) is 36.2 Å². The van der Waals surface area contributed by atoms with Crippen molar-refractivity contribution in [2.45, 2.75) is 31.7 Å². The van der Waals surface area contributed by atoms with Gasteiger partial charge in [-0.25, -0.2) is 4.98 Å². The van der Waals surface area contributed by atoms with Crippen molar-refractivity contribution < 1.29 is 4.79 Å². The molecule has 0 bridgehead atoms. The lowest BCUT2D eigenvalue weighted by molar-refractivity contribution is 0.0939. The summed E-state index contributed by atoms with van der Waals surface area (Å²) in [5.41, 5.74) is 0.752.